The van der Waals surface area contributed by atoms with Crippen molar-refractivity contribution in [1.82, 2.24) is 4.90 Å². The molecule has 2 aliphatic rings. The van der Waals surface area contributed by atoms with Gasteiger partial charge in [-0.25, -0.2) is 0 Å². The first-order chi connectivity index (χ1) is 14.0. The van der Waals surface area contributed by atoms with Gasteiger partial charge < -0.3 is 9.64 Å². The van der Waals surface area contributed by atoms with Crippen molar-refractivity contribution >= 4 is 17.5 Å². The maximum Gasteiger partial charge on any atom is 0.269 e. The van der Waals surface area contributed by atoms with E-state index in [4.69, 9.17) is 4.74 Å². The Balaban J connectivity index is 1.59. The highest BCUT2D eigenvalue weighted by molar-refractivity contribution is 6.02. The molecule has 5 nitrogen and oxygen atoms in total. The summed E-state index contributed by atoms with van der Waals surface area (Å²) in [6.45, 7) is 5.61. The number of nitrogens with zero attached hydrogens (tertiary/aromatic N) is 2. The van der Waals surface area contributed by atoms with Gasteiger partial charge in [-0.1, -0.05) is 42.8 Å². The predicted octanol–water partition coefficient (Wildman–Crippen LogP) is 3.91. The van der Waals surface area contributed by atoms with Gasteiger partial charge >= 0.3 is 0 Å². The van der Waals surface area contributed by atoms with Crippen LogP contribution >= 0.6 is 0 Å². The molecule has 1 fully saturated rings. The molecule has 1 saturated heterocycles. The number of hydrogen-bond acceptors (Lipinski definition) is 3. The molecular weight excluding hydrogens is 364 g/mol. The molecule has 4 rings (SSSR count). The first-order valence-electron chi connectivity index (χ1n) is 10.5. The first kappa shape index (κ1) is 19.5. The molecule has 29 heavy (non-hydrogen) atoms. The standard InChI is InChI=1S/C24H28N2O3/c1-17-10-12-19(13-11-17)26(16-22(27)25-14-6-3-7-15-25)24(28)23-18(2)20-8-4-5-9-21(20)29-23/h4-5,8-13,18,23H,3,6-7,14-16H2,1-2H3. The third-order valence-electron chi connectivity index (χ3n) is 5.97. The van der Waals surface area contributed by atoms with E-state index in [2.05, 4.69) is 0 Å². The van der Waals surface area contributed by atoms with Crippen LogP contribution in [0.2, 0.25) is 0 Å². The van der Waals surface area contributed by atoms with Crippen molar-refractivity contribution in [3.63, 3.8) is 0 Å². The summed E-state index contributed by atoms with van der Waals surface area (Å²) in [6, 6.07) is 15.5. The quantitative estimate of drug-likeness (QED) is 0.793. The van der Waals surface area contributed by atoms with Crippen molar-refractivity contribution < 1.29 is 14.3 Å². The number of benzene rings is 2. The zero-order chi connectivity index (χ0) is 20.4. The molecule has 0 radical (unpaired) electrons. The van der Waals surface area contributed by atoms with Crippen molar-refractivity contribution in [3.8, 4) is 5.75 Å². The molecule has 0 bridgehead atoms. The molecule has 2 aromatic carbocycles. The molecule has 0 saturated carbocycles. The van der Waals surface area contributed by atoms with Crippen LogP contribution in [0.3, 0.4) is 0 Å². The molecule has 2 atom stereocenters. The smallest absolute Gasteiger partial charge is 0.269 e. The fraction of sp³-hybridized carbons (Fsp3) is 0.417. The van der Waals surface area contributed by atoms with E-state index in [1.54, 1.807) is 4.90 Å². The largest absolute Gasteiger partial charge is 0.480 e. The Morgan fingerprint density at radius 1 is 1.03 bits per heavy atom. The lowest BCUT2D eigenvalue weighted by Crippen LogP contribution is -2.49. The summed E-state index contributed by atoms with van der Waals surface area (Å²) in [5.41, 5.74) is 2.89. The second kappa shape index (κ2) is 8.27. The highest BCUT2D eigenvalue weighted by atomic mass is 16.5. The van der Waals surface area contributed by atoms with Crippen molar-refractivity contribution in [2.75, 3.05) is 24.5 Å². The zero-order valence-corrected chi connectivity index (χ0v) is 17.1. The number of carbonyl (C=O) groups excluding carboxylic acids is 2. The maximum absolute atomic E-state index is 13.6. The SMILES string of the molecule is Cc1ccc(N(CC(=O)N2CCCCC2)C(=O)C2Oc3ccccc3C2C)cc1. The zero-order valence-electron chi connectivity index (χ0n) is 17.1. The fourth-order valence-electron chi connectivity index (χ4n) is 4.18. The minimum Gasteiger partial charge on any atom is -0.480 e. The minimum absolute atomic E-state index is 0.00166. The normalized spacial score (nSPS) is 20.7. The van der Waals surface area contributed by atoms with Crippen molar-refractivity contribution in [2.45, 2.75) is 45.1 Å². The molecule has 2 aliphatic heterocycles. The van der Waals surface area contributed by atoms with Gasteiger partial charge in [-0.3, -0.25) is 14.5 Å². The van der Waals surface area contributed by atoms with Crippen molar-refractivity contribution in [3.05, 3.63) is 59.7 Å². The number of anilines is 1. The van der Waals surface area contributed by atoms with Crippen LogP contribution < -0.4 is 9.64 Å². The number of likely N-dealkylation sites (tertiary alicyclic amines) is 1. The minimum atomic E-state index is -0.622. The summed E-state index contributed by atoms with van der Waals surface area (Å²) in [4.78, 5) is 30.0. The summed E-state index contributed by atoms with van der Waals surface area (Å²) < 4.78 is 6.02. The first-order valence-corrected chi connectivity index (χ1v) is 10.5. The number of ether oxygens (including phenoxy) is 1. The Bertz CT molecular complexity index is 887. The molecule has 0 aromatic heterocycles. The van der Waals surface area contributed by atoms with Crippen LogP contribution in [0, 0.1) is 6.92 Å². The van der Waals surface area contributed by atoms with E-state index in [0.717, 1.165) is 54.9 Å². The van der Waals surface area contributed by atoms with Crippen LogP contribution in [0.5, 0.6) is 5.75 Å². The number of hydrogen-bond donors (Lipinski definition) is 0. The number of carbonyl (C=O) groups is 2. The van der Waals surface area contributed by atoms with Gasteiger partial charge in [0, 0.05) is 30.3 Å². The third-order valence-corrected chi connectivity index (χ3v) is 5.97. The lowest BCUT2D eigenvalue weighted by molar-refractivity contribution is -0.133. The van der Waals surface area contributed by atoms with Crippen LogP contribution in [-0.2, 0) is 9.59 Å². The summed E-state index contributed by atoms with van der Waals surface area (Å²) in [7, 11) is 0. The Morgan fingerprint density at radius 2 is 1.72 bits per heavy atom. The number of aryl methyl sites for hydroxylation is 1. The number of para-hydroxylation sites is 1. The summed E-state index contributed by atoms with van der Waals surface area (Å²) in [5, 5.41) is 0. The highest BCUT2D eigenvalue weighted by Crippen LogP contribution is 2.38. The second-order valence-corrected chi connectivity index (χ2v) is 8.07. The summed E-state index contributed by atoms with van der Waals surface area (Å²) in [5.74, 6) is 0.533. The van der Waals surface area contributed by atoms with E-state index >= 15 is 0 Å². The molecule has 0 N–H and O–H groups in total. The maximum atomic E-state index is 13.6. The fourth-order valence-corrected chi connectivity index (χ4v) is 4.18. The van der Waals surface area contributed by atoms with Gasteiger partial charge in [-0.2, -0.15) is 0 Å². The topological polar surface area (TPSA) is 49.9 Å². The monoisotopic (exact) mass is 392 g/mol. The van der Waals surface area contributed by atoms with Gasteiger partial charge in [-0.05, 0) is 44.4 Å². The Hall–Kier alpha value is -2.82. The third kappa shape index (κ3) is 4.00. The van der Waals surface area contributed by atoms with Crippen molar-refractivity contribution in [1.29, 1.82) is 0 Å². The molecule has 0 aliphatic carbocycles. The lowest BCUT2D eigenvalue weighted by Gasteiger charge is -2.31. The summed E-state index contributed by atoms with van der Waals surface area (Å²) >= 11 is 0. The van der Waals surface area contributed by atoms with E-state index in [9.17, 15) is 9.59 Å². The molecule has 2 unspecified atom stereocenters. The number of amides is 2. The summed E-state index contributed by atoms with van der Waals surface area (Å²) in [6.07, 6.45) is 2.60. The van der Waals surface area contributed by atoms with Crippen molar-refractivity contribution in [2.24, 2.45) is 0 Å². The Kier molecular flexibility index (Phi) is 5.56. The van der Waals surface area contributed by atoms with Crippen LogP contribution in [0.15, 0.2) is 48.5 Å². The van der Waals surface area contributed by atoms with Crippen LogP contribution in [-0.4, -0.2) is 42.5 Å². The predicted molar refractivity (Wildman–Crippen MR) is 113 cm³/mol. The molecule has 2 amide bonds. The highest BCUT2D eigenvalue weighted by Gasteiger charge is 2.39. The van der Waals surface area contributed by atoms with Gasteiger partial charge in [-0.15, -0.1) is 0 Å². The van der Waals surface area contributed by atoms with E-state index in [0.29, 0.717) is 0 Å². The number of fused-ring (bicyclic) bond motifs is 1. The molecule has 0 spiro atoms. The van der Waals surface area contributed by atoms with Gasteiger partial charge in [0.05, 0.1) is 0 Å². The van der Waals surface area contributed by atoms with Gasteiger partial charge in [0.2, 0.25) is 5.91 Å². The number of piperidine rings is 1. The Labute approximate surface area is 172 Å². The molecule has 2 aromatic rings. The van der Waals surface area contributed by atoms with E-state index in [1.807, 2.05) is 67.3 Å². The van der Waals surface area contributed by atoms with Gasteiger partial charge in [0.1, 0.15) is 12.3 Å². The van der Waals surface area contributed by atoms with Gasteiger partial charge in [0.25, 0.3) is 5.91 Å². The molecule has 152 valence electrons. The van der Waals surface area contributed by atoms with E-state index in [-0.39, 0.29) is 24.3 Å². The average Bonchev–Trinajstić information content (AvgIpc) is 3.09. The van der Waals surface area contributed by atoms with E-state index in [1.165, 1.54) is 0 Å². The van der Waals surface area contributed by atoms with Crippen LogP contribution in [0.1, 0.15) is 43.2 Å². The number of rotatable bonds is 4. The van der Waals surface area contributed by atoms with Crippen LogP contribution in [0.25, 0.3) is 0 Å². The lowest BCUT2D eigenvalue weighted by atomic mass is 9.96. The van der Waals surface area contributed by atoms with Crippen LogP contribution in [0.4, 0.5) is 5.69 Å². The average molecular weight is 392 g/mol. The Morgan fingerprint density at radius 3 is 2.41 bits per heavy atom. The molecule has 2 heterocycles. The van der Waals surface area contributed by atoms with Gasteiger partial charge in [0.15, 0.2) is 6.10 Å². The van der Waals surface area contributed by atoms with E-state index < -0.39 is 6.10 Å². The molecular formula is C24H28N2O3. The molecule has 5 heteroatoms. The second-order valence-electron chi connectivity index (χ2n) is 8.07.